The molecule has 0 spiro atoms. The molecule has 5 rings (SSSR count). The summed E-state index contributed by atoms with van der Waals surface area (Å²) in [5.41, 5.74) is 8.82. The number of aliphatic carboxylic acids is 1. The van der Waals surface area contributed by atoms with Crippen molar-refractivity contribution >= 4 is 22.8 Å². The molecule has 12 heteroatoms. The summed E-state index contributed by atoms with van der Waals surface area (Å²) in [5, 5.41) is 36.7. The number of phenolic OH excluding ortho intramolecular Hbond substituents is 1. The van der Waals surface area contributed by atoms with Crippen molar-refractivity contribution in [2.24, 2.45) is 5.92 Å². The number of fused-ring (bicyclic) bond motifs is 1. The molecule has 1 saturated heterocycles. The highest BCUT2D eigenvalue weighted by Crippen LogP contribution is 2.33. The van der Waals surface area contributed by atoms with Gasteiger partial charge in [0.15, 0.2) is 17.1 Å². The number of unbranched alkanes of at least 4 members (excludes halogenated alkanes) is 3. The maximum Gasteiger partial charge on any atom is 0.314 e. The fourth-order valence-corrected chi connectivity index (χ4v) is 5.63. The Labute approximate surface area is 244 Å². The minimum atomic E-state index is -0.925. The van der Waals surface area contributed by atoms with Crippen molar-refractivity contribution in [3.63, 3.8) is 0 Å². The van der Waals surface area contributed by atoms with Crippen molar-refractivity contribution in [1.82, 2.24) is 30.0 Å². The molecule has 42 heavy (non-hydrogen) atoms. The van der Waals surface area contributed by atoms with E-state index < -0.39 is 11.9 Å². The van der Waals surface area contributed by atoms with Crippen LogP contribution in [0.1, 0.15) is 70.1 Å². The van der Waals surface area contributed by atoms with E-state index >= 15 is 0 Å². The zero-order chi connectivity index (χ0) is 29.6. The molecule has 4 N–H and O–H groups in total. The predicted molar refractivity (Wildman–Crippen MR) is 157 cm³/mol. The number of rotatable bonds is 13. The van der Waals surface area contributed by atoms with E-state index in [1.807, 2.05) is 36.7 Å². The number of nitrogens with zero attached hydrogens (tertiary/aromatic N) is 6. The van der Waals surface area contributed by atoms with E-state index in [1.165, 1.54) is 0 Å². The van der Waals surface area contributed by atoms with E-state index in [4.69, 9.17) is 15.0 Å². The summed E-state index contributed by atoms with van der Waals surface area (Å²) < 4.78 is 12.9. The van der Waals surface area contributed by atoms with Gasteiger partial charge in [-0.1, -0.05) is 38.8 Å². The number of carbonyl (C=O) groups is 1. The highest BCUT2D eigenvalue weighted by Gasteiger charge is 2.28. The Kier molecular flexibility index (Phi) is 9.21. The second kappa shape index (κ2) is 13.2. The topological polar surface area (TPSA) is 166 Å². The van der Waals surface area contributed by atoms with Gasteiger partial charge >= 0.3 is 5.97 Å². The van der Waals surface area contributed by atoms with Gasteiger partial charge < -0.3 is 30.1 Å². The summed E-state index contributed by atoms with van der Waals surface area (Å²) in [6.07, 6.45) is 6.11. The van der Waals surface area contributed by atoms with Gasteiger partial charge in [-0.2, -0.15) is 5.10 Å². The SMILES string of the molecule is CC(C)C(C(=O)O)c1cc(OCCCCCCN2CCC(n3nc(N)c4nnc(-c5ccccc5O)cc43)CC2)no1. The molecule has 1 fully saturated rings. The third-order valence-corrected chi connectivity index (χ3v) is 7.93. The van der Waals surface area contributed by atoms with Crippen molar-refractivity contribution in [2.75, 3.05) is 32.0 Å². The van der Waals surface area contributed by atoms with E-state index in [2.05, 4.69) is 25.4 Å². The molecule has 1 aliphatic heterocycles. The number of aromatic nitrogens is 5. The zero-order valence-corrected chi connectivity index (χ0v) is 24.1. The Morgan fingerprint density at radius 2 is 1.88 bits per heavy atom. The van der Waals surface area contributed by atoms with E-state index in [1.54, 1.807) is 18.2 Å². The third kappa shape index (κ3) is 6.64. The van der Waals surface area contributed by atoms with E-state index in [0.29, 0.717) is 40.8 Å². The average Bonchev–Trinajstić information content (AvgIpc) is 3.56. The van der Waals surface area contributed by atoms with Gasteiger partial charge in [-0.25, -0.2) is 0 Å². The van der Waals surface area contributed by atoms with E-state index in [0.717, 1.165) is 63.7 Å². The number of benzene rings is 1. The van der Waals surface area contributed by atoms with Crippen LogP contribution in [-0.2, 0) is 4.79 Å². The van der Waals surface area contributed by atoms with Crippen LogP contribution in [-0.4, -0.2) is 72.5 Å². The minimum absolute atomic E-state index is 0.0995. The summed E-state index contributed by atoms with van der Waals surface area (Å²) >= 11 is 0. The van der Waals surface area contributed by atoms with Crippen molar-refractivity contribution in [2.45, 2.75) is 64.3 Å². The third-order valence-electron chi connectivity index (χ3n) is 7.93. The number of hydrogen-bond donors (Lipinski definition) is 3. The lowest BCUT2D eigenvalue weighted by Crippen LogP contribution is -2.35. The zero-order valence-electron chi connectivity index (χ0n) is 24.1. The number of nitrogens with two attached hydrogens (primary N) is 1. The highest BCUT2D eigenvalue weighted by molar-refractivity contribution is 5.87. The number of para-hydroxylation sites is 1. The van der Waals surface area contributed by atoms with Gasteiger partial charge in [0.25, 0.3) is 5.88 Å². The molecule has 224 valence electrons. The van der Waals surface area contributed by atoms with Gasteiger partial charge in [-0.15, -0.1) is 10.2 Å². The lowest BCUT2D eigenvalue weighted by molar-refractivity contribution is -0.140. The quantitative estimate of drug-likeness (QED) is 0.186. The molecule has 1 aliphatic rings. The first-order valence-electron chi connectivity index (χ1n) is 14.7. The maximum atomic E-state index is 11.5. The van der Waals surface area contributed by atoms with Crippen LogP contribution in [0.25, 0.3) is 22.3 Å². The lowest BCUT2D eigenvalue weighted by Gasteiger charge is -2.32. The summed E-state index contributed by atoms with van der Waals surface area (Å²) in [4.78, 5) is 14.0. The molecule has 12 nitrogen and oxygen atoms in total. The molecule has 0 bridgehead atoms. The Bertz CT molecular complexity index is 1490. The highest BCUT2D eigenvalue weighted by atomic mass is 16.5. The maximum absolute atomic E-state index is 11.5. The lowest BCUT2D eigenvalue weighted by atomic mass is 9.94. The number of phenols is 1. The normalized spacial score (nSPS) is 15.4. The molecule has 0 amide bonds. The number of nitrogen functional groups attached to an aromatic ring is 1. The number of carboxylic acids is 1. The van der Waals surface area contributed by atoms with E-state index in [9.17, 15) is 15.0 Å². The second-order valence-corrected chi connectivity index (χ2v) is 11.3. The van der Waals surface area contributed by atoms with Crippen LogP contribution in [0, 0.1) is 5.92 Å². The molecule has 0 saturated carbocycles. The number of anilines is 1. The standard InChI is InChI=1S/C30H39N7O5/c1-19(2)27(30(39)40)25-18-26(35-42-25)41-16-8-4-3-7-13-36-14-11-20(12-15-36)37-23-17-22(21-9-5-6-10-24(21)38)32-33-28(23)29(31)34-37/h5-6,9-10,17-20,27,38H,3-4,7-8,11-16H2,1-2H3,(H2,31,34)(H,39,40). The number of ether oxygens (including phenoxy) is 1. The first kappa shape index (κ1) is 29.3. The van der Waals surface area contributed by atoms with Gasteiger partial charge in [0.2, 0.25) is 0 Å². The Morgan fingerprint density at radius 3 is 2.62 bits per heavy atom. The largest absolute Gasteiger partial charge is 0.507 e. The van der Waals surface area contributed by atoms with Crippen LogP contribution in [0.15, 0.2) is 40.9 Å². The van der Waals surface area contributed by atoms with Gasteiger partial charge in [-0.3, -0.25) is 9.48 Å². The molecular formula is C30H39N7O5. The van der Waals surface area contributed by atoms with Crippen molar-refractivity contribution < 1.29 is 24.3 Å². The fraction of sp³-hybridized carbons (Fsp3) is 0.500. The number of piperidine rings is 1. The van der Waals surface area contributed by atoms with Gasteiger partial charge in [0.05, 0.1) is 23.9 Å². The molecule has 1 atom stereocenters. The van der Waals surface area contributed by atoms with Crippen molar-refractivity contribution in [3.05, 3.63) is 42.2 Å². The Balaban J connectivity index is 1.04. The average molecular weight is 578 g/mol. The molecule has 1 aromatic carbocycles. The van der Waals surface area contributed by atoms with Crippen molar-refractivity contribution in [1.29, 1.82) is 0 Å². The van der Waals surface area contributed by atoms with Crippen LogP contribution in [0.5, 0.6) is 11.6 Å². The fourth-order valence-electron chi connectivity index (χ4n) is 5.63. The number of hydrogen-bond acceptors (Lipinski definition) is 10. The Morgan fingerprint density at radius 1 is 1.12 bits per heavy atom. The summed E-state index contributed by atoms with van der Waals surface area (Å²) in [7, 11) is 0. The van der Waals surface area contributed by atoms with Gasteiger partial charge in [0, 0.05) is 24.7 Å². The molecule has 3 aromatic heterocycles. The smallest absolute Gasteiger partial charge is 0.314 e. The molecule has 4 heterocycles. The summed E-state index contributed by atoms with van der Waals surface area (Å²) in [6, 6.07) is 10.8. The van der Waals surface area contributed by atoms with Gasteiger partial charge in [0.1, 0.15) is 11.7 Å². The number of aromatic hydroxyl groups is 1. The van der Waals surface area contributed by atoms with E-state index in [-0.39, 0.29) is 17.7 Å². The first-order chi connectivity index (χ1) is 20.3. The second-order valence-electron chi connectivity index (χ2n) is 11.3. The van der Waals surface area contributed by atoms with Crippen molar-refractivity contribution in [3.8, 4) is 22.9 Å². The molecule has 0 radical (unpaired) electrons. The van der Waals surface area contributed by atoms with Crippen LogP contribution >= 0.6 is 0 Å². The molecular weight excluding hydrogens is 538 g/mol. The minimum Gasteiger partial charge on any atom is -0.507 e. The molecule has 0 aliphatic carbocycles. The molecule has 1 unspecified atom stereocenters. The first-order valence-corrected chi connectivity index (χ1v) is 14.7. The summed E-state index contributed by atoms with van der Waals surface area (Å²) in [5.74, 6) is -0.555. The summed E-state index contributed by atoms with van der Waals surface area (Å²) in [6.45, 7) is 7.23. The number of carboxylic acid groups (broad SMARTS) is 1. The monoisotopic (exact) mass is 577 g/mol. The van der Waals surface area contributed by atoms with Crippen LogP contribution < -0.4 is 10.5 Å². The van der Waals surface area contributed by atoms with Gasteiger partial charge in [-0.05, 0) is 61.5 Å². The predicted octanol–water partition coefficient (Wildman–Crippen LogP) is 4.87. The Hall–Kier alpha value is -4.19. The van der Waals surface area contributed by atoms with Crippen LogP contribution in [0.3, 0.4) is 0 Å². The van der Waals surface area contributed by atoms with Crippen LogP contribution in [0.4, 0.5) is 5.82 Å². The molecule has 4 aromatic rings. The van der Waals surface area contributed by atoms with Crippen LogP contribution in [0.2, 0.25) is 0 Å². The number of likely N-dealkylation sites (tertiary alicyclic amines) is 1.